The molecule has 0 radical (unpaired) electrons. The van der Waals surface area contributed by atoms with Gasteiger partial charge in [-0.15, -0.1) is 0 Å². The van der Waals surface area contributed by atoms with Crippen molar-refractivity contribution in [2.75, 3.05) is 6.61 Å². The van der Waals surface area contributed by atoms with E-state index in [9.17, 15) is 8.42 Å². The summed E-state index contributed by atoms with van der Waals surface area (Å²) in [5, 5.41) is 8.61. The highest BCUT2D eigenvalue weighted by Gasteiger charge is 2.23. The maximum Gasteiger partial charge on any atom is 0.238 e. The third-order valence-electron chi connectivity index (χ3n) is 3.72. The molecule has 1 aromatic carbocycles. The van der Waals surface area contributed by atoms with Gasteiger partial charge < -0.3 is 10.1 Å². The Morgan fingerprint density at radius 2 is 2.15 bits per heavy atom. The Balaban J connectivity index is 2.07. The highest BCUT2D eigenvalue weighted by atomic mass is 32.2. The van der Waals surface area contributed by atoms with E-state index < -0.39 is 10.0 Å². The van der Waals surface area contributed by atoms with Crippen LogP contribution in [0.5, 0.6) is 0 Å². The van der Waals surface area contributed by atoms with Crippen LogP contribution in [0.25, 0.3) is 0 Å². The first kappa shape index (κ1) is 15.4. The summed E-state index contributed by atoms with van der Waals surface area (Å²) < 4.78 is 28.4. The monoisotopic (exact) mass is 298 g/mol. The Labute approximate surface area is 120 Å². The fourth-order valence-electron chi connectivity index (χ4n) is 2.56. The summed E-state index contributed by atoms with van der Waals surface area (Å²) in [7, 11) is -3.66. The maximum atomic E-state index is 11.4. The van der Waals surface area contributed by atoms with Crippen molar-refractivity contribution < 1.29 is 13.2 Å². The Bertz CT molecular complexity index is 553. The van der Waals surface area contributed by atoms with Crippen molar-refractivity contribution in [2.45, 2.75) is 49.8 Å². The molecule has 6 heteroatoms. The highest BCUT2D eigenvalue weighted by molar-refractivity contribution is 7.89. The molecule has 1 aliphatic heterocycles. The van der Waals surface area contributed by atoms with Gasteiger partial charge in [0.25, 0.3) is 0 Å². The molecule has 1 heterocycles. The van der Waals surface area contributed by atoms with E-state index in [2.05, 4.69) is 12.2 Å². The minimum atomic E-state index is -3.66. The normalized spacial score (nSPS) is 22.6. The van der Waals surface area contributed by atoms with Gasteiger partial charge in [0.15, 0.2) is 0 Å². The van der Waals surface area contributed by atoms with E-state index in [0.29, 0.717) is 0 Å². The first-order valence-corrected chi connectivity index (χ1v) is 8.43. The molecule has 0 aliphatic carbocycles. The predicted octanol–water partition coefficient (Wildman–Crippen LogP) is 1.55. The van der Waals surface area contributed by atoms with Crippen molar-refractivity contribution in [1.29, 1.82) is 0 Å². The average Bonchev–Trinajstić information content (AvgIpc) is 2.91. The Hall–Kier alpha value is -0.950. The van der Waals surface area contributed by atoms with E-state index in [4.69, 9.17) is 9.88 Å². The molecular formula is C14H22N2O3S. The molecule has 1 fully saturated rings. The number of ether oxygens (including phenoxy) is 1. The zero-order chi connectivity index (χ0) is 14.8. The van der Waals surface area contributed by atoms with E-state index in [1.54, 1.807) is 12.1 Å². The molecular weight excluding hydrogens is 276 g/mol. The number of rotatable bonds is 5. The van der Waals surface area contributed by atoms with Gasteiger partial charge in [-0.25, -0.2) is 13.6 Å². The topological polar surface area (TPSA) is 81.4 Å². The van der Waals surface area contributed by atoms with E-state index in [1.165, 1.54) is 6.07 Å². The second kappa shape index (κ2) is 6.22. The third-order valence-corrected chi connectivity index (χ3v) is 4.63. The zero-order valence-electron chi connectivity index (χ0n) is 11.9. The summed E-state index contributed by atoms with van der Waals surface area (Å²) in [5.41, 5.74) is 0.904. The van der Waals surface area contributed by atoms with Crippen LogP contribution < -0.4 is 10.5 Å². The molecule has 20 heavy (non-hydrogen) atoms. The highest BCUT2D eigenvalue weighted by Crippen LogP contribution is 2.20. The molecule has 0 spiro atoms. The fraction of sp³-hybridized carbons (Fsp3) is 0.571. The van der Waals surface area contributed by atoms with E-state index in [0.717, 1.165) is 25.0 Å². The lowest BCUT2D eigenvalue weighted by Crippen LogP contribution is -2.38. The van der Waals surface area contributed by atoms with Crippen molar-refractivity contribution in [1.82, 2.24) is 5.32 Å². The van der Waals surface area contributed by atoms with Crippen LogP contribution in [0.2, 0.25) is 0 Å². The van der Waals surface area contributed by atoms with Gasteiger partial charge in [0.05, 0.1) is 11.0 Å². The van der Waals surface area contributed by atoms with Gasteiger partial charge in [-0.3, -0.25) is 0 Å². The van der Waals surface area contributed by atoms with Crippen LogP contribution in [-0.2, 0) is 14.8 Å². The van der Waals surface area contributed by atoms with Crippen LogP contribution >= 0.6 is 0 Å². The molecule has 112 valence electrons. The molecule has 1 aromatic rings. The number of nitrogens with one attached hydrogen (secondary N) is 1. The van der Waals surface area contributed by atoms with Gasteiger partial charge in [-0.05, 0) is 44.4 Å². The minimum absolute atomic E-state index is 0.0379. The van der Waals surface area contributed by atoms with Gasteiger partial charge in [0.2, 0.25) is 10.0 Å². The SMILES string of the molecule is CC(NC(C)C1CCCO1)c1cccc(S(N)(=O)=O)c1. The summed E-state index contributed by atoms with van der Waals surface area (Å²) in [6, 6.07) is 7.00. The predicted molar refractivity (Wildman–Crippen MR) is 77.8 cm³/mol. The lowest BCUT2D eigenvalue weighted by atomic mass is 10.0. The van der Waals surface area contributed by atoms with Crippen molar-refractivity contribution in [2.24, 2.45) is 5.14 Å². The van der Waals surface area contributed by atoms with Crippen molar-refractivity contribution >= 4 is 10.0 Å². The standard InChI is InChI=1S/C14H22N2O3S/c1-10(16-11(2)14-7-4-8-19-14)12-5-3-6-13(9-12)20(15,17)18/h3,5-6,9-11,14,16H,4,7-8H2,1-2H3,(H2,15,17,18). The van der Waals surface area contributed by atoms with Crippen LogP contribution in [0, 0.1) is 0 Å². The Morgan fingerprint density at radius 3 is 2.75 bits per heavy atom. The van der Waals surface area contributed by atoms with E-state index in [-0.39, 0.29) is 23.1 Å². The molecule has 0 amide bonds. The van der Waals surface area contributed by atoms with E-state index >= 15 is 0 Å². The first-order valence-electron chi connectivity index (χ1n) is 6.88. The summed E-state index contributed by atoms with van der Waals surface area (Å²) in [6.45, 7) is 4.93. The lowest BCUT2D eigenvalue weighted by molar-refractivity contribution is 0.0804. The number of hydrogen-bond acceptors (Lipinski definition) is 4. The second-order valence-electron chi connectivity index (χ2n) is 5.35. The molecule has 3 N–H and O–H groups in total. The third kappa shape index (κ3) is 3.79. The Morgan fingerprint density at radius 1 is 1.40 bits per heavy atom. The Kier molecular flexibility index (Phi) is 4.80. The van der Waals surface area contributed by atoms with Gasteiger partial charge in [0.1, 0.15) is 0 Å². The summed E-state index contributed by atoms with van der Waals surface area (Å²) >= 11 is 0. The quantitative estimate of drug-likeness (QED) is 0.864. The van der Waals surface area contributed by atoms with Crippen LogP contribution in [0.3, 0.4) is 0 Å². The minimum Gasteiger partial charge on any atom is -0.377 e. The smallest absolute Gasteiger partial charge is 0.238 e. The second-order valence-corrected chi connectivity index (χ2v) is 6.91. The number of hydrogen-bond donors (Lipinski definition) is 2. The molecule has 3 atom stereocenters. The number of sulfonamides is 1. The zero-order valence-corrected chi connectivity index (χ0v) is 12.7. The first-order chi connectivity index (χ1) is 9.38. The molecule has 0 bridgehead atoms. The largest absolute Gasteiger partial charge is 0.377 e. The van der Waals surface area contributed by atoms with Crippen LogP contribution in [-0.4, -0.2) is 27.2 Å². The molecule has 1 aliphatic rings. The van der Waals surface area contributed by atoms with Crippen LogP contribution in [0.15, 0.2) is 29.2 Å². The lowest BCUT2D eigenvalue weighted by Gasteiger charge is -2.25. The van der Waals surface area contributed by atoms with Crippen LogP contribution in [0.1, 0.15) is 38.3 Å². The molecule has 3 unspecified atom stereocenters. The summed E-state index contributed by atoms with van der Waals surface area (Å²) in [4.78, 5) is 0.147. The molecule has 5 nitrogen and oxygen atoms in total. The fourth-order valence-corrected chi connectivity index (χ4v) is 3.12. The van der Waals surface area contributed by atoms with Gasteiger partial charge in [-0.2, -0.15) is 0 Å². The number of nitrogens with two attached hydrogens (primary N) is 1. The van der Waals surface area contributed by atoms with Gasteiger partial charge in [0, 0.05) is 18.7 Å². The maximum absolute atomic E-state index is 11.4. The summed E-state index contributed by atoms with van der Waals surface area (Å²) in [6.07, 6.45) is 2.41. The molecule has 0 aromatic heterocycles. The molecule has 1 saturated heterocycles. The van der Waals surface area contributed by atoms with Crippen molar-refractivity contribution in [3.05, 3.63) is 29.8 Å². The van der Waals surface area contributed by atoms with Crippen molar-refractivity contribution in [3.63, 3.8) is 0 Å². The molecule has 0 saturated carbocycles. The van der Waals surface area contributed by atoms with E-state index in [1.807, 2.05) is 13.0 Å². The molecule has 2 rings (SSSR count). The van der Waals surface area contributed by atoms with Gasteiger partial charge in [-0.1, -0.05) is 12.1 Å². The number of primary sulfonamides is 1. The summed E-state index contributed by atoms with van der Waals surface area (Å²) in [5.74, 6) is 0. The number of benzene rings is 1. The average molecular weight is 298 g/mol. The van der Waals surface area contributed by atoms with Crippen molar-refractivity contribution in [3.8, 4) is 0 Å². The van der Waals surface area contributed by atoms with Crippen LogP contribution in [0.4, 0.5) is 0 Å². The van der Waals surface area contributed by atoms with Gasteiger partial charge >= 0.3 is 0 Å².